The molecule has 2 nitrogen and oxygen atoms in total. The minimum atomic E-state index is -0.136. The second-order valence-electron chi connectivity index (χ2n) is 4.80. The van der Waals surface area contributed by atoms with Crippen molar-refractivity contribution in [2.75, 3.05) is 26.3 Å². The zero-order chi connectivity index (χ0) is 12.8. The first kappa shape index (κ1) is 13.5. The van der Waals surface area contributed by atoms with Crippen molar-refractivity contribution in [1.82, 2.24) is 4.90 Å². The summed E-state index contributed by atoms with van der Waals surface area (Å²) in [5.74, 6) is -0.136. The molecule has 0 aliphatic carbocycles. The van der Waals surface area contributed by atoms with Crippen molar-refractivity contribution in [2.45, 2.75) is 32.2 Å². The Morgan fingerprint density at radius 2 is 2.28 bits per heavy atom. The van der Waals surface area contributed by atoms with Crippen molar-refractivity contribution in [1.29, 1.82) is 0 Å². The first-order valence-corrected chi connectivity index (χ1v) is 6.88. The van der Waals surface area contributed by atoms with E-state index in [2.05, 4.69) is 4.90 Å². The topological polar surface area (TPSA) is 12.5 Å². The first-order valence-electron chi connectivity index (χ1n) is 6.88. The van der Waals surface area contributed by atoms with E-state index in [1.807, 2.05) is 13.0 Å². The maximum Gasteiger partial charge on any atom is 0.123 e. The Kier molecular flexibility index (Phi) is 5.14. The number of halogens is 1. The van der Waals surface area contributed by atoms with Crippen LogP contribution in [0.1, 0.15) is 37.8 Å². The van der Waals surface area contributed by atoms with Crippen LogP contribution in [-0.2, 0) is 4.74 Å². The van der Waals surface area contributed by atoms with Gasteiger partial charge in [-0.15, -0.1) is 0 Å². The lowest BCUT2D eigenvalue weighted by atomic mass is 9.95. The number of hydrogen-bond acceptors (Lipinski definition) is 2. The largest absolute Gasteiger partial charge is 0.380 e. The molecule has 0 unspecified atom stereocenters. The molecule has 1 heterocycles. The summed E-state index contributed by atoms with van der Waals surface area (Å²) in [6.07, 6.45) is 3.58. The highest BCUT2D eigenvalue weighted by Gasteiger charge is 2.23. The van der Waals surface area contributed by atoms with Crippen LogP contribution in [0.2, 0.25) is 0 Å². The summed E-state index contributed by atoms with van der Waals surface area (Å²) >= 11 is 0. The van der Waals surface area contributed by atoms with Gasteiger partial charge in [0, 0.05) is 19.2 Å². The molecular formula is C15H22FNO. The lowest BCUT2D eigenvalue weighted by molar-refractivity contribution is 0.0771. The monoisotopic (exact) mass is 251 g/mol. The number of rotatable bonds is 5. The summed E-state index contributed by atoms with van der Waals surface area (Å²) < 4.78 is 18.7. The molecule has 0 N–H and O–H groups in total. The van der Waals surface area contributed by atoms with Crippen molar-refractivity contribution < 1.29 is 9.13 Å². The molecule has 100 valence electrons. The summed E-state index contributed by atoms with van der Waals surface area (Å²) in [5.41, 5.74) is 1.10. The van der Waals surface area contributed by atoms with E-state index in [-0.39, 0.29) is 5.82 Å². The maximum atomic E-state index is 13.3. The molecule has 0 spiro atoms. The van der Waals surface area contributed by atoms with E-state index < -0.39 is 0 Å². The van der Waals surface area contributed by atoms with Gasteiger partial charge in [-0.05, 0) is 44.0 Å². The number of benzene rings is 1. The molecule has 1 atom stereocenters. The van der Waals surface area contributed by atoms with Gasteiger partial charge in [-0.2, -0.15) is 0 Å². The van der Waals surface area contributed by atoms with Crippen molar-refractivity contribution >= 4 is 0 Å². The molecular weight excluding hydrogens is 229 g/mol. The minimum absolute atomic E-state index is 0.136. The van der Waals surface area contributed by atoms with E-state index in [0.717, 1.165) is 38.3 Å². The van der Waals surface area contributed by atoms with Crippen molar-refractivity contribution in [2.24, 2.45) is 0 Å². The summed E-state index contributed by atoms with van der Waals surface area (Å²) in [7, 11) is 0. The van der Waals surface area contributed by atoms with Gasteiger partial charge in [0.2, 0.25) is 0 Å². The molecule has 1 saturated heterocycles. The van der Waals surface area contributed by atoms with Crippen LogP contribution >= 0.6 is 0 Å². The molecule has 1 aromatic rings. The second-order valence-corrected chi connectivity index (χ2v) is 4.80. The highest BCUT2D eigenvalue weighted by atomic mass is 19.1. The van der Waals surface area contributed by atoms with Gasteiger partial charge in [0.25, 0.3) is 0 Å². The fraction of sp³-hybridized carbons (Fsp3) is 0.600. The molecule has 1 aromatic carbocycles. The number of hydrogen-bond donors (Lipinski definition) is 0. The van der Waals surface area contributed by atoms with E-state index in [4.69, 9.17) is 4.74 Å². The Bertz CT molecular complexity index is 369. The standard InChI is InChI=1S/C15H22FNO/c1-2-18-11-10-17-9-4-3-8-15(17)13-6-5-7-14(16)12-13/h5-7,12,15H,2-4,8-11H2,1H3/t15-/m1/s1. The van der Waals surface area contributed by atoms with Gasteiger partial charge in [0.1, 0.15) is 5.82 Å². The molecule has 2 rings (SSSR count). The van der Waals surface area contributed by atoms with Crippen LogP contribution in [0.5, 0.6) is 0 Å². The van der Waals surface area contributed by atoms with Crippen LogP contribution in [-0.4, -0.2) is 31.2 Å². The van der Waals surface area contributed by atoms with E-state index in [9.17, 15) is 4.39 Å². The third-order valence-electron chi connectivity index (χ3n) is 3.57. The van der Waals surface area contributed by atoms with Crippen LogP contribution in [0.4, 0.5) is 4.39 Å². The Morgan fingerprint density at radius 1 is 1.39 bits per heavy atom. The molecule has 18 heavy (non-hydrogen) atoms. The van der Waals surface area contributed by atoms with E-state index in [0.29, 0.717) is 6.04 Å². The molecule has 0 aromatic heterocycles. The molecule has 0 bridgehead atoms. The van der Waals surface area contributed by atoms with Gasteiger partial charge >= 0.3 is 0 Å². The predicted octanol–water partition coefficient (Wildman–Crippen LogP) is 3.39. The fourth-order valence-electron chi connectivity index (χ4n) is 2.68. The smallest absolute Gasteiger partial charge is 0.123 e. The van der Waals surface area contributed by atoms with Crippen molar-refractivity contribution in [3.63, 3.8) is 0 Å². The quantitative estimate of drug-likeness (QED) is 0.744. The summed E-state index contributed by atoms with van der Waals surface area (Å²) in [6.45, 7) is 5.57. The summed E-state index contributed by atoms with van der Waals surface area (Å²) in [5, 5.41) is 0. The predicted molar refractivity (Wildman–Crippen MR) is 71.1 cm³/mol. The number of nitrogens with zero attached hydrogens (tertiary/aromatic N) is 1. The normalized spacial score (nSPS) is 21.1. The third-order valence-corrected chi connectivity index (χ3v) is 3.57. The highest BCUT2D eigenvalue weighted by molar-refractivity contribution is 5.20. The Labute approximate surface area is 109 Å². The van der Waals surface area contributed by atoms with E-state index >= 15 is 0 Å². The van der Waals surface area contributed by atoms with Crippen LogP contribution in [0.15, 0.2) is 24.3 Å². The van der Waals surface area contributed by atoms with Crippen LogP contribution in [0.3, 0.4) is 0 Å². The molecule has 1 fully saturated rings. The van der Waals surface area contributed by atoms with Crippen molar-refractivity contribution in [3.05, 3.63) is 35.6 Å². The summed E-state index contributed by atoms with van der Waals surface area (Å²) in [6, 6.07) is 7.38. The molecule has 0 amide bonds. The van der Waals surface area contributed by atoms with Gasteiger partial charge in [-0.1, -0.05) is 18.6 Å². The van der Waals surface area contributed by atoms with Gasteiger partial charge in [-0.25, -0.2) is 4.39 Å². The Balaban J connectivity index is 2.03. The molecule has 3 heteroatoms. The zero-order valence-corrected chi connectivity index (χ0v) is 11.1. The number of ether oxygens (including phenoxy) is 1. The summed E-state index contributed by atoms with van der Waals surface area (Å²) in [4.78, 5) is 2.42. The highest BCUT2D eigenvalue weighted by Crippen LogP contribution is 2.30. The minimum Gasteiger partial charge on any atom is -0.380 e. The Hall–Kier alpha value is -0.930. The average Bonchev–Trinajstić information content (AvgIpc) is 2.40. The zero-order valence-electron chi connectivity index (χ0n) is 11.1. The lowest BCUT2D eigenvalue weighted by Crippen LogP contribution is -2.36. The lowest BCUT2D eigenvalue weighted by Gasteiger charge is -2.36. The van der Waals surface area contributed by atoms with Crippen LogP contribution in [0.25, 0.3) is 0 Å². The average molecular weight is 251 g/mol. The van der Waals surface area contributed by atoms with Crippen LogP contribution in [0, 0.1) is 5.82 Å². The van der Waals surface area contributed by atoms with Gasteiger partial charge in [-0.3, -0.25) is 4.90 Å². The molecule has 1 aliphatic heterocycles. The first-order chi connectivity index (χ1) is 8.81. The van der Waals surface area contributed by atoms with Gasteiger partial charge in [0.15, 0.2) is 0 Å². The second kappa shape index (κ2) is 6.86. The third kappa shape index (κ3) is 3.53. The maximum absolute atomic E-state index is 13.3. The van der Waals surface area contributed by atoms with Crippen LogP contribution < -0.4 is 0 Å². The van der Waals surface area contributed by atoms with Crippen molar-refractivity contribution in [3.8, 4) is 0 Å². The molecule has 0 radical (unpaired) electrons. The number of likely N-dealkylation sites (tertiary alicyclic amines) is 1. The fourth-order valence-corrected chi connectivity index (χ4v) is 2.68. The van der Waals surface area contributed by atoms with Gasteiger partial charge < -0.3 is 4.74 Å². The van der Waals surface area contributed by atoms with E-state index in [1.54, 1.807) is 12.1 Å². The number of piperidine rings is 1. The SMILES string of the molecule is CCOCCN1CCCC[C@@H]1c1cccc(F)c1. The van der Waals surface area contributed by atoms with E-state index in [1.165, 1.54) is 18.9 Å². The van der Waals surface area contributed by atoms with Gasteiger partial charge in [0.05, 0.1) is 6.61 Å². The molecule has 1 aliphatic rings. The Morgan fingerprint density at radius 3 is 3.06 bits per heavy atom. The molecule has 0 saturated carbocycles.